The largest absolute Gasteiger partial charge is 0.592 e. The predicted molar refractivity (Wildman–Crippen MR) is 70.8 cm³/mol. The molecule has 0 spiro atoms. The van der Waals surface area contributed by atoms with Gasteiger partial charge in [-0.2, -0.15) is 0 Å². The molecule has 3 atom stereocenters. The highest BCUT2D eigenvalue weighted by Gasteiger charge is 2.51. The molecule has 0 aliphatic carbocycles. The molecule has 1 fully saturated rings. The summed E-state index contributed by atoms with van der Waals surface area (Å²) in [4.78, 5) is 0. The van der Waals surface area contributed by atoms with Gasteiger partial charge in [0.1, 0.15) is 0 Å². The normalized spacial score (nSPS) is 33.6. The Morgan fingerprint density at radius 3 is 2.71 bits per heavy atom. The topological polar surface area (TPSA) is 27.7 Å². The Balaban J connectivity index is 2.95. The van der Waals surface area contributed by atoms with Gasteiger partial charge >= 0.3 is 8.80 Å². The molecular weight excluding hydrogens is 256 g/mol. The van der Waals surface area contributed by atoms with E-state index >= 15 is 0 Å². The van der Waals surface area contributed by atoms with Crippen LogP contribution in [0, 0.1) is 11.5 Å². The summed E-state index contributed by atoms with van der Waals surface area (Å²) in [5.74, 6) is 2.90. The lowest BCUT2D eigenvalue weighted by atomic mass is 10.0. The molecule has 5 heteroatoms. The maximum Gasteiger partial charge on any atom is 0.592 e. The van der Waals surface area contributed by atoms with Crippen LogP contribution < -0.4 is 0 Å². The highest BCUT2D eigenvalue weighted by atomic mass is 35.5. The van der Waals surface area contributed by atoms with Crippen molar-refractivity contribution in [3.8, 4) is 11.5 Å². The summed E-state index contributed by atoms with van der Waals surface area (Å²) >= 11 is 5.85. The molecule has 0 radical (unpaired) electrons. The average Bonchev–Trinajstić information content (AvgIpc) is 2.12. The summed E-state index contributed by atoms with van der Waals surface area (Å²) in [5, 5.41) is -0.229. The van der Waals surface area contributed by atoms with Gasteiger partial charge in [-0.25, -0.2) is 0 Å². The van der Waals surface area contributed by atoms with Gasteiger partial charge in [0.15, 0.2) is 0 Å². The van der Waals surface area contributed by atoms with Crippen LogP contribution in [0.4, 0.5) is 0 Å². The zero-order valence-electron chi connectivity index (χ0n) is 11.2. The second-order valence-electron chi connectivity index (χ2n) is 4.87. The van der Waals surface area contributed by atoms with Crippen LogP contribution in [-0.4, -0.2) is 32.5 Å². The van der Waals surface area contributed by atoms with Crippen LogP contribution in [0.1, 0.15) is 41.0 Å². The van der Waals surface area contributed by atoms with E-state index in [4.69, 9.17) is 24.9 Å². The fourth-order valence-electron chi connectivity index (χ4n) is 1.96. The first-order valence-electron chi connectivity index (χ1n) is 5.97. The van der Waals surface area contributed by atoms with Gasteiger partial charge in [0.05, 0.1) is 17.1 Å². The fraction of sp³-hybridized carbons (Fsp3) is 0.833. The maximum atomic E-state index is 5.98. The van der Waals surface area contributed by atoms with Crippen LogP contribution in [0.3, 0.4) is 0 Å². The monoisotopic (exact) mass is 276 g/mol. The van der Waals surface area contributed by atoms with Crippen molar-refractivity contribution in [2.75, 3.05) is 6.61 Å². The first kappa shape index (κ1) is 15.0. The third-order valence-corrected chi connectivity index (χ3v) is 5.07. The van der Waals surface area contributed by atoms with E-state index in [0.717, 1.165) is 6.42 Å². The summed E-state index contributed by atoms with van der Waals surface area (Å²) in [6.45, 7) is 10.4. The minimum atomic E-state index is -2.89. The third kappa shape index (κ3) is 4.61. The average molecular weight is 277 g/mol. The summed E-state index contributed by atoms with van der Waals surface area (Å²) in [6, 6.07) is 0. The molecule has 3 nitrogen and oxygen atoms in total. The van der Waals surface area contributed by atoms with Crippen molar-refractivity contribution in [1.82, 2.24) is 0 Å². The Labute approximate surface area is 110 Å². The van der Waals surface area contributed by atoms with Gasteiger partial charge in [-0.1, -0.05) is 5.92 Å². The molecule has 1 aliphatic heterocycles. The Hall–Kier alpha value is -0.0531. The molecule has 0 aromatic rings. The molecule has 1 saturated heterocycles. The number of rotatable bonds is 2. The molecule has 98 valence electrons. The maximum absolute atomic E-state index is 5.98. The van der Waals surface area contributed by atoms with Gasteiger partial charge in [-0.05, 0) is 46.6 Å². The zero-order chi connectivity index (χ0) is 13.1. The molecule has 0 bridgehead atoms. The van der Waals surface area contributed by atoms with Crippen LogP contribution in [0.5, 0.6) is 0 Å². The number of hydrogen-bond donors (Lipinski definition) is 0. The summed E-state index contributed by atoms with van der Waals surface area (Å²) in [7, 11) is -2.89. The van der Waals surface area contributed by atoms with Crippen LogP contribution >= 0.6 is 11.6 Å². The van der Waals surface area contributed by atoms with E-state index < -0.39 is 8.80 Å². The van der Waals surface area contributed by atoms with Crippen molar-refractivity contribution in [3.63, 3.8) is 0 Å². The fourth-order valence-corrected chi connectivity index (χ4v) is 4.66. The zero-order valence-corrected chi connectivity index (χ0v) is 12.9. The van der Waals surface area contributed by atoms with Crippen molar-refractivity contribution in [2.24, 2.45) is 0 Å². The van der Waals surface area contributed by atoms with Gasteiger partial charge in [-0.15, -0.1) is 11.6 Å². The van der Waals surface area contributed by atoms with Gasteiger partial charge < -0.3 is 13.3 Å². The summed E-state index contributed by atoms with van der Waals surface area (Å²) < 4.78 is 17.5. The van der Waals surface area contributed by atoms with E-state index in [9.17, 15) is 0 Å². The molecule has 3 unspecified atom stereocenters. The standard InChI is InChI=1S/C12H21ClO3Si/c1-6-14-17(8-7-10(2)13)15-11(3)9-12(4,5)16-17/h10-11H,6,9H2,1-5H3. The first-order chi connectivity index (χ1) is 7.79. The van der Waals surface area contributed by atoms with Gasteiger partial charge in [0.2, 0.25) is 0 Å². The summed E-state index contributed by atoms with van der Waals surface area (Å²) in [5.41, 5.74) is 2.75. The number of halogens is 1. The minimum Gasteiger partial charge on any atom is -0.364 e. The molecule has 1 aliphatic rings. The predicted octanol–water partition coefficient (Wildman–Crippen LogP) is 2.74. The van der Waals surface area contributed by atoms with Crippen molar-refractivity contribution in [1.29, 1.82) is 0 Å². The number of hydrogen-bond acceptors (Lipinski definition) is 3. The second kappa shape index (κ2) is 5.72. The molecule has 1 rings (SSSR count). The molecule has 0 aromatic heterocycles. The lowest BCUT2D eigenvalue weighted by Crippen LogP contribution is -2.57. The van der Waals surface area contributed by atoms with Crippen LogP contribution in [-0.2, 0) is 13.3 Å². The Bertz CT molecular complexity index is 321. The summed E-state index contributed by atoms with van der Waals surface area (Å²) in [6.07, 6.45) is 0.935. The molecule has 0 N–H and O–H groups in total. The Kier molecular flexibility index (Phi) is 5.05. The van der Waals surface area contributed by atoms with Crippen LogP contribution in [0.2, 0.25) is 0 Å². The first-order valence-corrected chi connectivity index (χ1v) is 8.13. The van der Waals surface area contributed by atoms with Crippen molar-refractivity contribution in [2.45, 2.75) is 58.1 Å². The van der Waals surface area contributed by atoms with E-state index in [1.807, 2.05) is 34.6 Å². The molecule has 1 heterocycles. The van der Waals surface area contributed by atoms with Crippen molar-refractivity contribution in [3.05, 3.63) is 0 Å². The molecule has 0 aromatic carbocycles. The second-order valence-corrected chi connectivity index (χ2v) is 7.61. The Morgan fingerprint density at radius 2 is 2.24 bits per heavy atom. The van der Waals surface area contributed by atoms with Crippen LogP contribution in [0.15, 0.2) is 0 Å². The highest BCUT2D eigenvalue weighted by Crippen LogP contribution is 2.31. The van der Waals surface area contributed by atoms with E-state index in [-0.39, 0.29) is 17.1 Å². The van der Waals surface area contributed by atoms with Crippen molar-refractivity contribution < 1.29 is 13.3 Å². The van der Waals surface area contributed by atoms with Gasteiger partial charge in [-0.3, -0.25) is 0 Å². The SMILES string of the molecule is CCO[Si]1(C#CC(C)Cl)OC(C)CC(C)(C)O1. The lowest BCUT2D eigenvalue weighted by Gasteiger charge is -2.42. The van der Waals surface area contributed by atoms with Crippen molar-refractivity contribution >= 4 is 20.4 Å². The minimum absolute atomic E-state index is 0.0944. The van der Waals surface area contributed by atoms with E-state index in [1.54, 1.807) is 0 Å². The number of alkyl halides is 1. The molecular formula is C12H21ClO3Si. The molecule has 0 saturated carbocycles. The Morgan fingerprint density at radius 1 is 1.59 bits per heavy atom. The van der Waals surface area contributed by atoms with Gasteiger partial charge in [0.25, 0.3) is 0 Å². The van der Waals surface area contributed by atoms with E-state index in [0.29, 0.717) is 6.61 Å². The van der Waals surface area contributed by atoms with E-state index in [2.05, 4.69) is 11.5 Å². The van der Waals surface area contributed by atoms with Crippen LogP contribution in [0.25, 0.3) is 0 Å². The smallest absolute Gasteiger partial charge is 0.364 e. The highest BCUT2D eigenvalue weighted by molar-refractivity contribution is 6.70. The quantitative estimate of drug-likeness (QED) is 0.441. The molecule has 0 amide bonds. The third-order valence-electron chi connectivity index (χ3n) is 2.30. The lowest BCUT2D eigenvalue weighted by molar-refractivity contribution is -0.0804. The van der Waals surface area contributed by atoms with Gasteiger partial charge in [0, 0.05) is 6.61 Å². The molecule has 17 heavy (non-hydrogen) atoms. The van der Waals surface area contributed by atoms with E-state index in [1.165, 1.54) is 0 Å².